The fourth-order valence-electron chi connectivity index (χ4n) is 9.36. The zero-order valence-electron chi connectivity index (χ0n) is 57.7. The SMILES string of the molecule is CC/C=C\C/C=C\C/C=C\C/C=C\CCCCC(=O)OCC(COP(=O)(O)OCC(O)COP(=O)(O)OCC(COC(=O)CCCCCCC/C=C\C/C=C\CCC)OC(=O)CCCCCCCCCCCCC)OC(=O)CCCCCCC/C=C\CCCCCC. The molecular formula is C73H128O17P2. The maximum atomic E-state index is 13.0. The zero-order valence-corrected chi connectivity index (χ0v) is 59.5. The Balaban J connectivity index is 5.35. The molecule has 5 atom stereocenters. The number of esters is 4. The Hall–Kier alpha value is -3.76. The number of carbonyl (C=O) groups is 4. The number of unbranched alkanes of at least 4 members (excludes halogenated alkanes) is 27. The van der Waals surface area contributed by atoms with Gasteiger partial charge >= 0.3 is 39.5 Å². The highest BCUT2D eigenvalue weighted by Gasteiger charge is 2.30. The van der Waals surface area contributed by atoms with E-state index in [1.54, 1.807) is 0 Å². The van der Waals surface area contributed by atoms with Crippen molar-refractivity contribution in [3.05, 3.63) is 85.1 Å². The van der Waals surface area contributed by atoms with Crippen molar-refractivity contribution in [1.29, 1.82) is 0 Å². The fourth-order valence-corrected chi connectivity index (χ4v) is 10.9. The molecule has 0 fully saturated rings. The van der Waals surface area contributed by atoms with E-state index >= 15 is 0 Å². The highest BCUT2D eigenvalue weighted by Crippen LogP contribution is 2.45. The van der Waals surface area contributed by atoms with Gasteiger partial charge in [0.15, 0.2) is 12.2 Å². The lowest BCUT2D eigenvalue weighted by molar-refractivity contribution is -0.161. The molecule has 0 saturated carbocycles. The van der Waals surface area contributed by atoms with Gasteiger partial charge in [-0.2, -0.15) is 0 Å². The summed E-state index contributed by atoms with van der Waals surface area (Å²) in [7, 11) is -9.94. The number of aliphatic hydroxyl groups excluding tert-OH is 1. The number of allylic oxidation sites excluding steroid dienone is 14. The zero-order chi connectivity index (χ0) is 67.5. The molecule has 0 aliphatic heterocycles. The smallest absolute Gasteiger partial charge is 0.462 e. The fraction of sp³-hybridized carbons (Fsp3) is 0.753. The molecule has 0 bridgehead atoms. The van der Waals surface area contributed by atoms with Crippen LogP contribution in [0.15, 0.2) is 85.1 Å². The summed E-state index contributed by atoms with van der Waals surface area (Å²) in [5.74, 6) is -2.24. The number of ether oxygens (including phenoxy) is 4. The predicted molar refractivity (Wildman–Crippen MR) is 372 cm³/mol. The Kier molecular flexibility index (Phi) is 63.2. The largest absolute Gasteiger partial charge is 0.472 e. The van der Waals surface area contributed by atoms with Gasteiger partial charge in [-0.3, -0.25) is 37.3 Å². The van der Waals surface area contributed by atoms with E-state index in [1.807, 2.05) is 0 Å². The van der Waals surface area contributed by atoms with E-state index in [1.165, 1.54) is 64.2 Å². The van der Waals surface area contributed by atoms with E-state index in [-0.39, 0.29) is 25.7 Å². The number of hydrogen-bond acceptors (Lipinski definition) is 15. The molecule has 0 saturated heterocycles. The minimum absolute atomic E-state index is 0.0766. The molecule has 0 spiro atoms. The molecule has 3 N–H and O–H groups in total. The molecule has 19 heteroatoms. The molecule has 5 unspecified atom stereocenters. The first kappa shape index (κ1) is 88.2. The molecule has 0 rings (SSSR count). The summed E-state index contributed by atoms with van der Waals surface area (Å²) in [6.45, 7) is 4.60. The van der Waals surface area contributed by atoms with Crippen molar-refractivity contribution in [2.75, 3.05) is 39.6 Å². The van der Waals surface area contributed by atoms with Gasteiger partial charge in [0.05, 0.1) is 26.4 Å². The molecule has 0 aliphatic rings. The third kappa shape index (κ3) is 64.9. The van der Waals surface area contributed by atoms with Crippen LogP contribution in [0.1, 0.15) is 297 Å². The maximum absolute atomic E-state index is 13.0. The average molecular weight is 1340 g/mol. The summed E-state index contributed by atoms with van der Waals surface area (Å²) in [6, 6.07) is 0. The second-order valence-corrected chi connectivity index (χ2v) is 26.7. The van der Waals surface area contributed by atoms with E-state index in [0.29, 0.717) is 25.7 Å². The standard InChI is InChI=1S/C73H128O17P2/c1-5-9-13-17-21-25-29-32-33-36-39-42-46-50-54-58-71(76)84-64-69(90-73(78)60-56-52-48-44-40-35-31-27-23-19-15-11-7-3)66-88-92(81,82)86-62-67(74)61-85-91(79,80)87-65-68(89-72(77)59-55-51-47-43-37-28-24-20-16-12-8-4)63-83-70(75)57-53-49-45-41-38-34-30-26-22-18-14-10-6-2/h9,13-14,18,21,25-27,30-33,39,42,67-69,74H,5-8,10-12,15-17,19-20,22-24,28-29,34-38,40-41,43-66H2,1-4H3,(H,79,80)(H,81,82)/b13-9-,18-14-,25-21-,30-26-,31-27-,33-32-,42-39-. The topological polar surface area (TPSA) is 237 Å². The van der Waals surface area contributed by atoms with Crippen LogP contribution in [-0.4, -0.2) is 96.7 Å². The quantitative estimate of drug-likeness (QED) is 0.0169. The van der Waals surface area contributed by atoms with Crippen LogP contribution >= 0.6 is 15.6 Å². The highest BCUT2D eigenvalue weighted by atomic mass is 31.2. The van der Waals surface area contributed by atoms with Crippen LogP contribution in [0.3, 0.4) is 0 Å². The molecule has 532 valence electrons. The van der Waals surface area contributed by atoms with Crippen molar-refractivity contribution in [3.63, 3.8) is 0 Å². The third-order valence-corrected chi connectivity index (χ3v) is 16.7. The first-order chi connectivity index (χ1) is 44.7. The van der Waals surface area contributed by atoms with Crippen molar-refractivity contribution in [2.24, 2.45) is 0 Å². The van der Waals surface area contributed by atoms with Gasteiger partial charge in [0.1, 0.15) is 19.3 Å². The molecule has 0 aromatic rings. The lowest BCUT2D eigenvalue weighted by Crippen LogP contribution is -2.30. The summed E-state index contributed by atoms with van der Waals surface area (Å²) in [4.78, 5) is 72.5. The minimum atomic E-state index is -4.98. The number of aliphatic hydroxyl groups is 1. The van der Waals surface area contributed by atoms with E-state index < -0.39 is 97.5 Å². The summed E-state index contributed by atoms with van der Waals surface area (Å²) < 4.78 is 68.2. The van der Waals surface area contributed by atoms with Gasteiger partial charge < -0.3 is 33.8 Å². The normalized spacial score (nSPS) is 14.6. The van der Waals surface area contributed by atoms with Gasteiger partial charge in [-0.1, -0.05) is 241 Å². The maximum Gasteiger partial charge on any atom is 0.472 e. The second kappa shape index (κ2) is 65.9. The van der Waals surface area contributed by atoms with Gasteiger partial charge in [0, 0.05) is 25.7 Å². The first-order valence-electron chi connectivity index (χ1n) is 35.8. The highest BCUT2D eigenvalue weighted by molar-refractivity contribution is 7.47. The molecule has 17 nitrogen and oxygen atoms in total. The summed E-state index contributed by atoms with van der Waals surface area (Å²) in [6.07, 6.45) is 64.5. The first-order valence-corrected chi connectivity index (χ1v) is 38.8. The molecule has 0 amide bonds. The monoisotopic (exact) mass is 1340 g/mol. The Morgan fingerprint density at radius 1 is 0.315 bits per heavy atom. The van der Waals surface area contributed by atoms with Gasteiger partial charge in [-0.25, -0.2) is 9.13 Å². The van der Waals surface area contributed by atoms with Crippen molar-refractivity contribution in [2.45, 2.75) is 316 Å². The van der Waals surface area contributed by atoms with Crippen LogP contribution < -0.4 is 0 Å². The summed E-state index contributed by atoms with van der Waals surface area (Å²) >= 11 is 0. The molecule has 0 aliphatic carbocycles. The number of hydrogen-bond donors (Lipinski definition) is 3. The van der Waals surface area contributed by atoms with Gasteiger partial charge in [-0.15, -0.1) is 0 Å². The Morgan fingerprint density at radius 3 is 0.957 bits per heavy atom. The molecule has 0 aromatic carbocycles. The van der Waals surface area contributed by atoms with Crippen molar-refractivity contribution in [3.8, 4) is 0 Å². The van der Waals surface area contributed by atoms with Gasteiger partial charge in [-0.05, 0) is 116 Å². The number of carbonyl (C=O) groups excluding carboxylic acids is 4. The van der Waals surface area contributed by atoms with Crippen molar-refractivity contribution in [1.82, 2.24) is 0 Å². The minimum Gasteiger partial charge on any atom is -0.462 e. The van der Waals surface area contributed by atoms with E-state index in [4.69, 9.17) is 37.0 Å². The third-order valence-electron chi connectivity index (χ3n) is 14.8. The van der Waals surface area contributed by atoms with E-state index in [2.05, 4.69) is 113 Å². The number of rotatable bonds is 67. The number of phosphoric acid groups is 2. The van der Waals surface area contributed by atoms with E-state index in [9.17, 15) is 43.2 Å². The van der Waals surface area contributed by atoms with Gasteiger partial charge in [0.2, 0.25) is 0 Å². The Labute approximate surface area is 557 Å². The molecule has 0 aromatic heterocycles. The summed E-state index contributed by atoms with van der Waals surface area (Å²) in [5.41, 5.74) is 0. The van der Waals surface area contributed by atoms with Crippen molar-refractivity contribution >= 4 is 39.5 Å². The molecular weight excluding hydrogens is 1210 g/mol. The van der Waals surface area contributed by atoms with Crippen LogP contribution in [0.25, 0.3) is 0 Å². The summed E-state index contributed by atoms with van der Waals surface area (Å²) in [5, 5.41) is 10.6. The number of phosphoric ester groups is 2. The lowest BCUT2D eigenvalue weighted by Gasteiger charge is -2.21. The van der Waals surface area contributed by atoms with Crippen LogP contribution in [-0.2, 0) is 65.4 Å². The van der Waals surface area contributed by atoms with Crippen LogP contribution in [0, 0.1) is 0 Å². The van der Waals surface area contributed by atoms with E-state index in [0.717, 1.165) is 154 Å². The molecule has 92 heavy (non-hydrogen) atoms. The lowest BCUT2D eigenvalue weighted by atomic mass is 10.1. The van der Waals surface area contributed by atoms with Crippen molar-refractivity contribution < 1.29 is 80.2 Å². The average Bonchev–Trinajstić information content (AvgIpc) is 2.73. The molecule has 0 radical (unpaired) electrons. The van der Waals surface area contributed by atoms with Crippen LogP contribution in [0.2, 0.25) is 0 Å². The van der Waals surface area contributed by atoms with Crippen LogP contribution in [0.5, 0.6) is 0 Å². The van der Waals surface area contributed by atoms with Crippen LogP contribution in [0.4, 0.5) is 0 Å². The second-order valence-electron chi connectivity index (χ2n) is 23.8. The van der Waals surface area contributed by atoms with Gasteiger partial charge in [0.25, 0.3) is 0 Å². The Bertz CT molecular complexity index is 2090. The Morgan fingerprint density at radius 2 is 0.587 bits per heavy atom. The predicted octanol–water partition coefficient (Wildman–Crippen LogP) is 19.9. The molecule has 0 heterocycles.